The van der Waals surface area contributed by atoms with Crippen LogP contribution >= 0.6 is 0 Å². The molecule has 5 heteroatoms. The van der Waals surface area contributed by atoms with E-state index < -0.39 is 15.6 Å². The molecule has 0 fully saturated rings. The maximum Gasteiger partial charge on any atom is 0.212 e. The molecule has 0 aliphatic rings. The van der Waals surface area contributed by atoms with E-state index in [0.29, 0.717) is 0 Å². The minimum atomic E-state index is -3.37. The molecule has 4 nitrogen and oxygen atoms in total. The van der Waals surface area contributed by atoms with Crippen molar-refractivity contribution in [3.8, 4) is 0 Å². The smallest absolute Gasteiger partial charge is 0.212 e. The monoisotopic (exact) mass is 271 g/mol. The lowest BCUT2D eigenvalue weighted by atomic mass is 10.0. The number of hydrogen-bond donors (Lipinski definition) is 2. The van der Waals surface area contributed by atoms with Crippen molar-refractivity contribution in [3.05, 3.63) is 35.9 Å². The van der Waals surface area contributed by atoms with E-state index in [0.717, 1.165) is 5.56 Å². The van der Waals surface area contributed by atoms with Crippen molar-refractivity contribution in [1.82, 2.24) is 4.72 Å². The fraction of sp³-hybridized carbons (Fsp3) is 0.538. The molecule has 1 rings (SSSR count). The van der Waals surface area contributed by atoms with Crippen LogP contribution < -0.4 is 4.72 Å². The summed E-state index contributed by atoms with van der Waals surface area (Å²) in [4.78, 5) is 0. The molecule has 0 radical (unpaired) electrons. The van der Waals surface area contributed by atoms with Crippen LogP contribution in [-0.2, 0) is 10.0 Å². The second-order valence-electron chi connectivity index (χ2n) is 5.23. The lowest BCUT2D eigenvalue weighted by Gasteiger charge is -2.19. The molecule has 0 aliphatic carbocycles. The highest BCUT2D eigenvalue weighted by molar-refractivity contribution is 7.89. The third-order valence-electron chi connectivity index (χ3n) is 2.56. The van der Waals surface area contributed by atoms with Crippen molar-refractivity contribution in [3.63, 3.8) is 0 Å². The highest BCUT2D eigenvalue weighted by Gasteiger charge is 2.20. The molecule has 1 atom stereocenters. The Kier molecular flexibility index (Phi) is 4.90. The third-order valence-corrected chi connectivity index (χ3v) is 4.09. The Morgan fingerprint density at radius 3 is 2.33 bits per heavy atom. The zero-order valence-electron chi connectivity index (χ0n) is 11.1. The van der Waals surface area contributed by atoms with E-state index in [1.807, 2.05) is 37.3 Å². The van der Waals surface area contributed by atoms with Gasteiger partial charge < -0.3 is 5.11 Å². The molecule has 0 bridgehead atoms. The standard InChI is InChI=1S/C13H21NO3S/c1-11(12-7-5-4-6-8-12)9-18(16,17)14-10-13(2,3)15/h4-8,11,14-15H,9-10H2,1-3H3. The van der Waals surface area contributed by atoms with Crippen LogP contribution in [0.3, 0.4) is 0 Å². The van der Waals surface area contributed by atoms with Crippen molar-refractivity contribution in [1.29, 1.82) is 0 Å². The summed E-state index contributed by atoms with van der Waals surface area (Å²) in [5, 5.41) is 9.51. The normalized spacial score (nSPS) is 14.4. The second kappa shape index (κ2) is 5.82. The SMILES string of the molecule is CC(CS(=O)(=O)NCC(C)(C)O)c1ccccc1. The summed E-state index contributed by atoms with van der Waals surface area (Å²) in [7, 11) is -3.37. The first-order valence-electron chi connectivity index (χ1n) is 5.94. The highest BCUT2D eigenvalue weighted by Crippen LogP contribution is 2.16. The molecule has 0 heterocycles. The van der Waals surface area contributed by atoms with Crippen LogP contribution in [0.4, 0.5) is 0 Å². The summed E-state index contributed by atoms with van der Waals surface area (Å²) >= 11 is 0. The van der Waals surface area contributed by atoms with Crippen LogP contribution in [0.2, 0.25) is 0 Å². The third kappa shape index (κ3) is 5.62. The minimum absolute atomic E-state index is 0.0209. The lowest BCUT2D eigenvalue weighted by molar-refractivity contribution is 0.0857. The van der Waals surface area contributed by atoms with Gasteiger partial charge in [-0.2, -0.15) is 0 Å². The van der Waals surface area contributed by atoms with Crippen LogP contribution in [-0.4, -0.2) is 31.4 Å². The van der Waals surface area contributed by atoms with Gasteiger partial charge in [0.15, 0.2) is 0 Å². The van der Waals surface area contributed by atoms with Crippen molar-refractivity contribution in [2.45, 2.75) is 32.3 Å². The molecule has 0 aromatic heterocycles. The molecule has 1 aromatic carbocycles. The molecule has 1 unspecified atom stereocenters. The second-order valence-corrected chi connectivity index (χ2v) is 7.08. The summed E-state index contributed by atoms with van der Waals surface area (Å²) in [6, 6.07) is 9.51. The van der Waals surface area contributed by atoms with E-state index in [2.05, 4.69) is 4.72 Å². The summed E-state index contributed by atoms with van der Waals surface area (Å²) in [6.07, 6.45) is 0. The maximum atomic E-state index is 11.8. The predicted molar refractivity (Wildman–Crippen MR) is 72.9 cm³/mol. The van der Waals surface area contributed by atoms with E-state index >= 15 is 0 Å². The molecule has 0 spiro atoms. The quantitative estimate of drug-likeness (QED) is 0.823. The summed E-state index contributed by atoms with van der Waals surface area (Å²) < 4.78 is 26.1. The molecule has 0 amide bonds. The van der Waals surface area contributed by atoms with Gasteiger partial charge in [0.05, 0.1) is 11.4 Å². The Morgan fingerprint density at radius 1 is 1.28 bits per heavy atom. The first-order chi connectivity index (χ1) is 8.20. The fourth-order valence-electron chi connectivity index (χ4n) is 1.55. The van der Waals surface area contributed by atoms with Gasteiger partial charge in [-0.25, -0.2) is 13.1 Å². The van der Waals surface area contributed by atoms with Gasteiger partial charge in [-0.1, -0.05) is 37.3 Å². The minimum Gasteiger partial charge on any atom is -0.389 e. The molecule has 102 valence electrons. The van der Waals surface area contributed by atoms with E-state index in [-0.39, 0.29) is 18.2 Å². The first-order valence-corrected chi connectivity index (χ1v) is 7.59. The maximum absolute atomic E-state index is 11.8. The zero-order valence-corrected chi connectivity index (χ0v) is 11.9. The van der Waals surface area contributed by atoms with Gasteiger partial charge in [0, 0.05) is 6.54 Å². The van der Waals surface area contributed by atoms with Gasteiger partial charge in [0.1, 0.15) is 0 Å². The molecule has 2 N–H and O–H groups in total. The molecule has 1 aromatic rings. The Labute approximate surface area is 109 Å². The Hall–Kier alpha value is -0.910. The van der Waals surface area contributed by atoms with E-state index in [9.17, 15) is 13.5 Å². The van der Waals surface area contributed by atoms with Crippen LogP contribution in [0.5, 0.6) is 0 Å². The van der Waals surface area contributed by atoms with Crippen molar-refractivity contribution in [2.24, 2.45) is 0 Å². The van der Waals surface area contributed by atoms with Crippen LogP contribution in [0.1, 0.15) is 32.3 Å². The molecular weight excluding hydrogens is 250 g/mol. The molecular formula is C13H21NO3S. The average Bonchev–Trinajstić information content (AvgIpc) is 2.26. The van der Waals surface area contributed by atoms with E-state index in [1.165, 1.54) is 0 Å². The van der Waals surface area contributed by atoms with Crippen molar-refractivity contribution >= 4 is 10.0 Å². The number of benzene rings is 1. The van der Waals surface area contributed by atoms with Gasteiger partial charge in [0.2, 0.25) is 10.0 Å². The number of nitrogens with one attached hydrogen (secondary N) is 1. The van der Waals surface area contributed by atoms with Gasteiger partial charge in [0.25, 0.3) is 0 Å². The van der Waals surface area contributed by atoms with Gasteiger partial charge >= 0.3 is 0 Å². The molecule has 0 saturated heterocycles. The zero-order chi connectivity index (χ0) is 13.8. The molecule has 0 saturated carbocycles. The number of rotatable bonds is 6. The van der Waals surface area contributed by atoms with E-state index in [4.69, 9.17) is 0 Å². The number of aliphatic hydroxyl groups is 1. The molecule has 0 aliphatic heterocycles. The Bertz CT molecular complexity index is 463. The van der Waals surface area contributed by atoms with Gasteiger partial charge in [-0.3, -0.25) is 0 Å². The van der Waals surface area contributed by atoms with E-state index in [1.54, 1.807) is 13.8 Å². The predicted octanol–water partition coefficient (Wildman–Crippen LogP) is 1.48. The van der Waals surface area contributed by atoms with Crippen molar-refractivity contribution < 1.29 is 13.5 Å². The van der Waals surface area contributed by atoms with Crippen LogP contribution in [0, 0.1) is 0 Å². The number of sulfonamides is 1. The average molecular weight is 271 g/mol. The Balaban J connectivity index is 2.61. The lowest BCUT2D eigenvalue weighted by Crippen LogP contribution is -2.39. The summed E-state index contributed by atoms with van der Waals surface area (Å²) in [6.45, 7) is 5.03. The fourth-order valence-corrected chi connectivity index (χ4v) is 3.09. The topological polar surface area (TPSA) is 66.4 Å². The van der Waals surface area contributed by atoms with Crippen molar-refractivity contribution in [2.75, 3.05) is 12.3 Å². The Morgan fingerprint density at radius 2 is 1.83 bits per heavy atom. The summed E-state index contributed by atoms with van der Waals surface area (Å²) in [5.41, 5.74) is -0.0468. The van der Waals surface area contributed by atoms with Gasteiger partial charge in [-0.05, 0) is 25.3 Å². The largest absolute Gasteiger partial charge is 0.389 e. The van der Waals surface area contributed by atoms with Crippen LogP contribution in [0.25, 0.3) is 0 Å². The summed E-state index contributed by atoms with van der Waals surface area (Å²) in [5.74, 6) is -0.0573. The molecule has 18 heavy (non-hydrogen) atoms. The first kappa shape index (κ1) is 15.1. The highest BCUT2D eigenvalue weighted by atomic mass is 32.2. The van der Waals surface area contributed by atoms with Crippen LogP contribution in [0.15, 0.2) is 30.3 Å². The van der Waals surface area contributed by atoms with Gasteiger partial charge in [-0.15, -0.1) is 0 Å². The number of hydrogen-bond acceptors (Lipinski definition) is 3.